The summed E-state index contributed by atoms with van der Waals surface area (Å²) in [5.41, 5.74) is 1.33. The van der Waals surface area contributed by atoms with Crippen LogP contribution in [-0.2, 0) is 16.1 Å². The Kier molecular flexibility index (Phi) is 7.08. The van der Waals surface area contributed by atoms with Gasteiger partial charge in [-0.1, -0.05) is 0 Å². The average molecular weight is 421 g/mol. The Hall–Kier alpha value is -1.68. The molecule has 0 radical (unpaired) electrons. The van der Waals surface area contributed by atoms with E-state index in [-0.39, 0.29) is 5.54 Å². The van der Waals surface area contributed by atoms with Crippen LogP contribution in [0.15, 0.2) is 0 Å². The molecule has 28 heavy (non-hydrogen) atoms. The number of aryl methyl sites for hydroxylation is 2. The number of carboxylic acid groups (broad SMARTS) is 1. The van der Waals surface area contributed by atoms with Gasteiger partial charge in [-0.15, -0.1) is 11.3 Å². The third-order valence-electron chi connectivity index (χ3n) is 5.51. The molecule has 3 rings (SSSR count). The number of carboxylic acids is 1. The smallest absolute Gasteiger partial charge is 0.475 e. The number of amides is 1. The fourth-order valence-corrected chi connectivity index (χ4v) is 4.82. The van der Waals surface area contributed by atoms with E-state index in [0.29, 0.717) is 5.91 Å². The van der Waals surface area contributed by atoms with Crippen molar-refractivity contribution >= 4 is 23.2 Å². The second kappa shape index (κ2) is 8.77. The van der Waals surface area contributed by atoms with Crippen LogP contribution in [0.1, 0.15) is 47.7 Å². The molecule has 2 saturated heterocycles. The fourth-order valence-electron chi connectivity index (χ4n) is 3.84. The standard InChI is InChI=1S/C16H25N3OS.C2HF3O2/c1-12-14(21-13(2)17-12)11-19-9-4-6-16(8-10-19)7-5-15(20)18(16)3;3-2(4,5)1(6)7/h4-11H2,1-3H3;(H,6,7). The zero-order chi connectivity index (χ0) is 21.1. The zero-order valence-electron chi connectivity index (χ0n) is 16.3. The lowest BCUT2D eigenvalue weighted by Crippen LogP contribution is -2.43. The Morgan fingerprint density at radius 3 is 2.36 bits per heavy atom. The highest BCUT2D eigenvalue weighted by Crippen LogP contribution is 2.38. The van der Waals surface area contributed by atoms with E-state index >= 15 is 0 Å². The molecule has 2 fully saturated rings. The van der Waals surface area contributed by atoms with Crippen molar-refractivity contribution in [2.24, 2.45) is 0 Å². The SMILES string of the molecule is Cc1nc(C)c(CN2CCCC3(CCC(=O)N3C)CC2)s1.O=C(O)C(F)(F)F. The minimum absolute atomic E-state index is 0.143. The summed E-state index contributed by atoms with van der Waals surface area (Å²) in [5.74, 6) is -2.43. The highest BCUT2D eigenvalue weighted by Gasteiger charge is 2.43. The number of halogens is 3. The van der Waals surface area contributed by atoms with Crippen LogP contribution >= 0.6 is 11.3 Å². The normalized spacial score (nSPS) is 23.5. The Morgan fingerprint density at radius 2 is 1.89 bits per heavy atom. The first kappa shape index (κ1) is 22.6. The number of nitrogens with zero attached hydrogens (tertiary/aromatic N) is 3. The van der Waals surface area contributed by atoms with Crippen molar-refractivity contribution in [2.75, 3.05) is 20.1 Å². The molecule has 1 unspecified atom stereocenters. The highest BCUT2D eigenvalue weighted by atomic mass is 32.1. The Bertz CT molecular complexity index is 723. The topological polar surface area (TPSA) is 73.7 Å². The summed E-state index contributed by atoms with van der Waals surface area (Å²) < 4.78 is 31.7. The number of thiazole rings is 1. The van der Waals surface area contributed by atoms with Crippen LogP contribution in [0, 0.1) is 13.8 Å². The Labute approximate surface area is 166 Å². The van der Waals surface area contributed by atoms with E-state index < -0.39 is 12.1 Å². The number of likely N-dealkylation sites (tertiary alicyclic amines) is 2. The number of carbonyl (C=O) groups is 2. The molecule has 1 N–H and O–H groups in total. The lowest BCUT2D eigenvalue weighted by Gasteiger charge is -2.35. The first-order chi connectivity index (χ1) is 12.9. The van der Waals surface area contributed by atoms with Gasteiger partial charge in [0.1, 0.15) is 0 Å². The van der Waals surface area contributed by atoms with E-state index in [4.69, 9.17) is 9.90 Å². The van der Waals surface area contributed by atoms with Crippen LogP contribution in [0.3, 0.4) is 0 Å². The summed E-state index contributed by atoms with van der Waals surface area (Å²) in [6, 6.07) is 0. The predicted octanol–water partition coefficient (Wildman–Crippen LogP) is 3.37. The van der Waals surface area contributed by atoms with Crippen LogP contribution in [0.5, 0.6) is 0 Å². The summed E-state index contributed by atoms with van der Waals surface area (Å²) in [6.45, 7) is 7.44. The van der Waals surface area contributed by atoms with E-state index in [1.165, 1.54) is 17.0 Å². The van der Waals surface area contributed by atoms with Gasteiger partial charge in [-0.3, -0.25) is 9.69 Å². The van der Waals surface area contributed by atoms with Gasteiger partial charge in [-0.25, -0.2) is 9.78 Å². The third-order valence-corrected chi connectivity index (χ3v) is 6.57. The van der Waals surface area contributed by atoms with Crippen LogP contribution in [-0.4, -0.2) is 63.6 Å². The second-order valence-corrected chi connectivity index (χ2v) is 8.64. The minimum Gasteiger partial charge on any atom is -0.475 e. The first-order valence-electron chi connectivity index (χ1n) is 9.17. The zero-order valence-corrected chi connectivity index (χ0v) is 17.1. The molecule has 1 aromatic heterocycles. The summed E-state index contributed by atoms with van der Waals surface area (Å²) in [4.78, 5) is 31.3. The number of hydrogen-bond donors (Lipinski definition) is 1. The quantitative estimate of drug-likeness (QED) is 0.793. The van der Waals surface area contributed by atoms with Gasteiger partial charge >= 0.3 is 12.1 Å². The molecule has 0 saturated carbocycles. The van der Waals surface area contributed by atoms with Crippen LogP contribution in [0.25, 0.3) is 0 Å². The highest BCUT2D eigenvalue weighted by molar-refractivity contribution is 7.11. The van der Waals surface area contributed by atoms with E-state index in [2.05, 4.69) is 23.7 Å². The van der Waals surface area contributed by atoms with Crippen molar-refractivity contribution in [3.8, 4) is 0 Å². The number of hydrogen-bond acceptors (Lipinski definition) is 5. The van der Waals surface area contributed by atoms with E-state index in [9.17, 15) is 18.0 Å². The third kappa shape index (κ3) is 5.44. The van der Waals surface area contributed by atoms with Crippen molar-refractivity contribution < 1.29 is 27.9 Å². The van der Waals surface area contributed by atoms with Gasteiger partial charge in [0.2, 0.25) is 5.91 Å². The van der Waals surface area contributed by atoms with Gasteiger partial charge in [0.25, 0.3) is 0 Å². The van der Waals surface area contributed by atoms with E-state index in [1.807, 2.05) is 23.3 Å². The van der Waals surface area contributed by atoms with Crippen molar-refractivity contribution in [1.29, 1.82) is 0 Å². The average Bonchev–Trinajstić information content (AvgIpc) is 2.96. The summed E-state index contributed by atoms with van der Waals surface area (Å²) in [7, 11) is 2.00. The summed E-state index contributed by atoms with van der Waals surface area (Å²) in [5, 5.41) is 8.29. The Morgan fingerprint density at radius 1 is 1.25 bits per heavy atom. The van der Waals surface area contributed by atoms with Crippen molar-refractivity contribution in [1.82, 2.24) is 14.8 Å². The molecular weight excluding hydrogens is 395 g/mol. The molecule has 1 spiro atoms. The van der Waals surface area contributed by atoms with Crippen LogP contribution in [0.2, 0.25) is 0 Å². The maximum atomic E-state index is 11.9. The van der Waals surface area contributed by atoms with Crippen molar-refractivity contribution in [3.05, 3.63) is 15.6 Å². The van der Waals surface area contributed by atoms with Gasteiger partial charge in [0.05, 0.1) is 10.7 Å². The molecule has 2 aliphatic rings. The number of alkyl halides is 3. The predicted molar refractivity (Wildman–Crippen MR) is 99.1 cm³/mol. The number of carbonyl (C=O) groups excluding carboxylic acids is 1. The second-order valence-electron chi connectivity index (χ2n) is 7.35. The van der Waals surface area contributed by atoms with Crippen molar-refractivity contribution in [3.63, 3.8) is 0 Å². The van der Waals surface area contributed by atoms with Crippen LogP contribution in [0.4, 0.5) is 13.2 Å². The molecule has 1 atom stereocenters. The largest absolute Gasteiger partial charge is 0.490 e. The maximum Gasteiger partial charge on any atom is 0.490 e. The van der Waals surface area contributed by atoms with Gasteiger partial charge in [0.15, 0.2) is 0 Å². The molecule has 1 amide bonds. The number of aliphatic carboxylic acids is 1. The van der Waals surface area contributed by atoms with E-state index in [0.717, 1.165) is 50.3 Å². The number of rotatable bonds is 2. The lowest BCUT2D eigenvalue weighted by molar-refractivity contribution is -0.192. The molecule has 6 nitrogen and oxygen atoms in total. The van der Waals surface area contributed by atoms with Gasteiger partial charge in [-0.2, -0.15) is 13.2 Å². The molecule has 0 aromatic carbocycles. The molecule has 2 aliphatic heterocycles. The van der Waals surface area contributed by atoms with Crippen molar-refractivity contribution in [2.45, 2.75) is 64.2 Å². The maximum absolute atomic E-state index is 11.9. The van der Waals surface area contributed by atoms with Gasteiger partial charge in [-0.05, 0) is 46.1 Å². The minimum atomic E-state index is -5.08. The summed E-state index contributed by atoms with van der Waals surface area (Å²) >= 11 is 1.82. The van der Waals surface area contributed by atoms with Gasteiger partial charge < -0.3 is 10.0 Å². The van der Waals surface area contributed by atoms with E-state index in [1.54, 1.807) is 0 Å². The Balaban J connectivity index is 0.000000345. The van der Waals surface area contributed by atoms with Gasteiger partial charge in [0, 0.05) is 37.0 Å². The number of aromatic nitrogens is 1. The molecule has 158 valence electrons. The molecule has 0 aliphatic carbocycles. The molecule has 10 heteroatoms. The molecule has 0 bridgehead atoms. The lowest BCUT2D eigenvalue weighted by atomic mass is 9.88. The molecular formula is C18H26F3N3O3S. The monoisotopic (exact) mass is 421 g/mol. The molecule has 1 aromatic rings. The van der Waals surface area contributed by atoms with Crippen LogP contribution < -0.4 is 0 Å². The summed E-state index contributed by atoms with van der Waals surface area (Å²) in [6.07, 6.45) is 0.172. The molecule has 3 heterocycles. The fraction of sp³-hybridized carbons (Fsp3) is 0.722. The first-order valence-corrected chi connectivity index (χ1v) is 9.98.